The van der Waals surface area contributed by atoms with Gasteiger partial charge in [0.25, 0.3) is 5.91 Å². The summed E-state index contributed by atoms with van der Waals surface area (Å²) < 4.78 is 42.2. The van der Waals surface area contributed by atoms with Gasteiger partial charge in [-0.2, -0.15) is 18.3 Å². The Labute approximate surface area is 184 Å². The van der Waals surface area contributed by atoms with Gasteiger partial charge in [-0.05, 0) is 57.2 Å². The molecule has 0 saturated heterocycles. The predicted molar refractivity (Wildman–Crippen MR) is 115 cm³/mol. The van der Waals surface area contributed by atoms with Crippen molar-refractivity contribution in [3.8, 4) is 0 Å². The van der Waals surface area contributed by atoms with Crippen molar-refractivity contribution < 1.29 is 18.0 Å². The molecule has 3 aromatic heterocycles. The number of nitrogens with zero attached hydrogens (tertiary/aromatic N) is 4. The summed E-state index contributed by atoms with van der Waals surface area (Å²) >= 11 is 0. The van der Waals surface area contributed by atoms with E-state index in [2.05, 4.69) is 20.7 Å². The van der Waals surface area contributed by atoms with E-state index in [0.29, 0.717) is 18.1 Å². The molecule has 0 spiro atoms. The third-order valence-corrected chi connectivity index (χ3v) is 5.92. The third kappa shape index (κ3) is 4.58. The van der Waals surface area contributed by atoms with Crippen molar-refractivity contribution in [2.45, 2.75) is 70.8 Å². The minimum absolute atomic E-state index is 0.0618. The predicted octanol–water partition coefficient (Wildman–Crippen LogP) is 4.29. The van der Waals surface area contributed by atoms with Gasteiger partial charge in [-0.1, -0.05) is 13.0 Å². The van der Waals surface area contributed by atoms with Crippen LogP contribution in [0.5, 0.6) is 0 Å². The van der Waals surface area contributed by atoms with E-state index in [1.54, 1.807) is 22.9 Å². The molecule has 3 aromatic rings. The minimum atomic E-state index is -4.48. The molecule has 1 amide bonds. The van der Waals surface area contributed by atoms with E-state index in [0.717, 1.165) is 44.0 Å². The number of imidazole rings is 1. The Morgan fingerprint density at radius 2 is 1.88 bits per heavy atom. The summed E-state index contributed by atoms with van der Waals surface area (Å²) in [4.78, 5) is 16.4. The van der Waals surface area contributed by atoms with Crippen molar-refractivity contribution in [1.29, 1.82) is 0 Å². The molecule has 1 fully saturated rings. The van der Waals surface area contributed by atoms with Gasteiger partial charge >= 0.3 is 6.18 Å². The fourth-order valence-electron chi connectivity index (χ4n) is 4.18. The van der Waals surface area contributed by atoms with E-state index in [1.807, 2.05) is 19.9 Å². The van der Waals surface area contributed by atoms with E-state index in [-0.39, 0.29) is 23.6 Å². The van der Waals surface area contributed by atoms with Crippen LogP contribution in [0, 0.1) is 0 Å². The maximum atomic E-state index is 13.0. The molecule has 4 rings (SSSR count). The highest BCUT2D eigenvalue weighted by molar-refractivity contribution is 5.92. The molecule has 0 aliphatic heterocycles. The molecule has 10 heteroatoms. The molecule has 1 saturated carbocycles. The molecular formula is C22H27F3N6O. The number of amides is 1. The van der Waals surface area contributed by atoms with Gasteiger partial charge in [-0.15, -0.1) is 0 Å². The van der Waals surface area contributed by atoms with Gasteiger partial charge in [-0.3, -0.25) is 13.9 Å². The molecule has 0 aromatic carbocycles. The van der Waals surface area contributed by atoms with E-state index in [1.165, 1.54) is 4.40 Å². The average Bonchev–Trinajstić information content (AvgIpc) is 3.40. The Bertz CT molecular complexity index is 1090. The highest BCUT2D eigenvalue weighted by Gasteiger charge is 2.34. The van der Waals surface area contributed by atoms with E-state index < -0.39 is 11.9 Å². The van der Waals surface area contributed by atoms with Crippen LogP contribution in [-0.2, 0) is 19.1 Å². The normalized spacial score (nSPS) is 19.3. The van der Waals surface area contributed by atoms with Crippen molar-refractivity contribution in [3.05, 3.63) is 47.5 Å². The zero-order valence-corrected chi connectivity index (χ0v) is 18.1. The second-order valence-electron chi connectivity index (χ2n) is 8.12. The highest BCUT2D eigenvalue weighted by atomic mass is 19.4. The molecule has 3 heterocycles. The Kier molecular flexibility index (Phi) is 6.12. The number of nitrogens with one attached hydrogen (secondary N) is 2. The number of hydrogen-bond donors (Lipinski definition) is 2. The molecule has 0 radical (unpaired) electrons. The summed E-state index contributed by atoms with van der Waals surface area (Å²) in [6.45, 7) is 4.60. The highest BCUT2D eigenvalue weighted by Crippen LogP contribution is 2.30. The lowest BCUT2D eigenvalue weighted by molar-refractivity contribution is -0.140. The fourth-order valence-corrected chi connectivity index (χ4v) is 4.18. The molecule has 32 heavy (non-hydrogen) atoms. The van der Waals surface area contributed by atoms with Gasteiger partial charge < -0.3 is 10.6 Å². The maximum absolute atomic E-state index is 13.0. The van der Waals surface area contributed by atoms with Crippen LogP contribution in [-0.4, -0.2) is 37.2 Å². The van der Waals surface area contributed by atoms with Crippen LogP contribution in [0.1, 0.15) is 61.4 Å². The lowest BCUT2D eigenvalue weighted by Crippen LogP contribution is -2.41. The molecule has 0 atom stereocenters. The smallest absolute Gasteiger partial charge is 0.368 e. The van der Waals surface area contributed by atoms with Gasteiger partial charge in [0.05, 0.1) is 5.69 Å². The van der Waals surface area contributed by atoms with Crippen LogP contribution in [0.4, 0.5) is 19.0 Å². The number of carbonyl (C=O) groups is 1. The number of fused-ring (bicyclic) bond motifs is 1. The van der Waals surface area contributed by atoms with Crippen molar-refractivity contribution in [3.63, 3.8) is 0 Å². The van der Waals surface area contributed by atoms with Gasteiger partial charge in [0.1, 0.15) is 17.2 Å². The number of hydrogen-bond acceptors (Lipinski definition) is 4. The lowest BCUT2D eigenvalue weighted by Gasteiger charge is -2.30. The fraction of sp³-hybridized carbons (Fsp3) is 0.500. The first-order valence-corrected chi connectivity index (χ1v) is 11.0. The number of pyridine rings is 1. The van der Waals surface area contributed by atoms with Crippen molar-refractivity contribution in [2.75, 3.05) is 5.32 Å². The van der Waals surface area contributed by atoms with Crippen molar-refractivity contribution in [2.24, 2.45) is 0 Å². The number of halogens is 3. The van der Waals surface area contributed by atoms with Crippen LogP contribution in [0.2, 0.25) is 0 Å². The summed E-state index contributed by atoms with van der Waals surface area (Å²) in [5.74, 6) is 0.468. The largest absolute Gasteiger partial charge is 0.434 e. The van der Waals surface area contributed by atoms with E-state index in [9.17, 15) is 18.0 Å². The second kappa shape index (κ2) is 8.84. The quantitative estimate of drug-likeness (QED) is 0.590. The first kappa shape index (κ1) is 22.2. The molecular weight excluding hydrogens is 421 g/mol. The van der Waals surface area contributed by atoms with Crippen LogP contribution in [0.3, 0.4) is 0 Å². The van der Waals surface area contributed by atoms with Crippen LogP contribution in [0.25, 0.3) is 5.65 Å². The molecule has 1 aliphatic rings. The zero-order chi connectivity index (χ0) is 22.9. The molecule has 172 valence electrons. The Hall–Kier alpha value is -3.04. The van der Waals surface area contributed by atoms with Gasteiger partial charge in [0.15, 0.2) is 5.69 Å². The number of carbonyl (C=O) groups excluding carboxylic acids is 1. The summed E-state index contributed by atoms with van der Waals surface area (Å²) in [5, 5.41) is 10.9. The van der Waals surface area contributed by atoms with Gasteiger partial charge in [0, 0.05) is 24.8 Å². The Morgan fingerprint density at radius 3 is 2.53 bits per heavy atom. The van der Waals surface area contributed by atoms with Gasteiger partial charge in [0.2, 0.25) is 0 Å². The first-order chi connectivity index (χ1) is 15.3. The average molecular weight is 448 g/mol. The molecule has 0 bridgehead atoms. The zero-order valence-electron chi connectivity index (χ0n) is 18.1. The standard InChI is InChI=1S/C22H27F3N6O/c1-3-14-12-17(31(4-2)29-14)21(32)27-16-10-8-15(9-11-16)26-19-6-5-7-20-28-18(13-30(19)20)22(23,24)25/h5-7,12-13,15-16,26H,3-4,8-11H2,1-2H3,(H,27,32). The number of aromatic nitrogens is 4. The number of rotatable bonds is 6. The van der Waals surface area contributed by atoms with Crippen LogP contribution < -0.4 is 10.6 Å². The SMILES string of the molecule is CCc1cc(C(=O)NC2CCC(Nc3cccc4nc(C(F)(F)F)cn34)CC2)n(CC)n1. The van der Waals surface area contributed by atoms with Crippen LogP contribution >= 0.6 is 0 Å². The molecule has 2 N–H and O–H groups in total. The topological polar surface area (TPSA) is 76.2 Å². The second-order valence-corrected chi connectivity index (χ2v) is 8.12. The lowest BCUT2D eigenvalue weighted by atomic mass is 9.91. The first-order valence-electron chi connectivity index (χ1n) is 11.0. The monoisotopic (exact) mass is 448 g/mol. The van der Waals surface area contributed by atoms with Crippen LogP contribution in [0.15, 0.2) is 30.5 Å². The summed E-state index contributed by atoms with van der Waals surface area (Å²) in [5.41, 5.74) is 0.821. The van der Waals surface area contributed by atoms with Crippen molar-refractivity contribution in [1.82, 2.24) is 24.5 Å². The number of aryl methyl sites for hydroxylation is 2. The summed E-state index contributed by atoms with van der Waals surface area (Å²) in [6, 6.07) is 7.01. The van der Waals surface area contributed by atoms with E-state index in [4.69, 9.17) is 0 Å². The Balaban J connectivity index is 1.37. The van der Waals surface area contributed by atoms with Crippen molar-refractivity contribution >= 4 is 17.4 Å². The maximum Gasteiger partial charge on any atom is 0.434 e. The number of alkyl halides is 3. The minimum Gasteiger partial charge on any atom is -0.368 e. The Morgan fingerprint density at radius 1 is 1.16 bits per heavy atom. The molecule has 1 aliphatic carbocycles. The summed E-state index contributed by atoms with van der Waals surface area (Å²) in [7, 11) is 0. The molecule has 7 nitrogen and oxygen atoms in total. The summed E-state index contributed by atoms with van der Waals surface area (Å²) in [6.07, 6.45) is 0.495. The third-order valence-electron chi connectivity index (χ3n) is 5.92. The number of anilines is 1. The van der Waals surface area contributed by atoms with E-state index >= 15 is 0 Å². The molecule has 0 unspecified atom stereocenters. The van der Waals surface area contributed by atoms with Gasteiger partial charge in [-0.25, -0.2) is 4.98 Å².